The molecular formula is C14H19N5O4. The molecule has 0 spiro atoms. The van der Waals surface area contributed by atoms with E-state index in [1.54, 1.807) is 6.92 Å². The summed E-state index contributed by atoms with van der Waals surface area (Å²) >= 11 is 0. The number of nitrogens with one attached hydrogen (secondary N) is 1. The van der Waals surface area contributed by atoms with E-state index >= 15 is 0 Å². The van der Waals surface area contributed by atoms with Gasteiger partial charge >= 0.3 is 5.69 Å². The average molecular weight is 321 g/mol. The van der Waals surface area contributed by atoms with Crippen LogP contribution in [0.4, 0.5) is 0 Å². The molecule has 124 valence electrons. The lowest BCUT2D eigenvalue weighted by molar-refractivity contribution is 0.0744. The molecule has 0 aliphatic carbocycles. The molecule has 0 aromatic carbocycles. The number of H-pyrrole nitrogens is 1. The van der Waals surface area contributed by atoms with E-state index in [9.17, 15) is 14.4 Å². The molecule has 23 heavy (non-hydrogen) atoms. The summed E-state index contributed by atoms with van der Waals surface area (Å²) in [6.45, 7) is 4.27. The number of nitrogens with zero attached hydrogens (tertiary/aromatic N) is 4. The minimum atomic E-state index is -0.712. The van der Waals surface area contributed by atoms with Crippen LogP contribution in [0.1, 0.15) is 42.3 Å². The van der Waals surface area contributed by atoms with E-state index in [1.165, 1.54) is 18.1 Å². The van der Waals surface area contributed by atoms with Gasteiger partial charge < -0.3 is 14.0 Å². The van der Waals surface area contributed by atoms with Crippen LogP contribution in [-0.4, -0.2) is 37.0 Å². The van der Waals surface area contributed by atoms with Gasteiger partial charge in [0.1, 0.15) is 5.56 Å². The Morgan fingerprint density at radius 2 is 2.13 bits per heavy atom. The van der Waals surface area contributed by atoms with Crippen LogP contribution in [0.25, 0.3) is 0 Å². The van der Waals surface area contributed by atoms with E-state index in [0.29, 0.717) is 24.7 Å². The van der Waals surface area contributed by atoms with Crippen molar-refractivity contribution >= 4 is 5.91 Å². The maximum atomic E-state index is 12.5. The zero-order valence-electron chi connectivity index (χ0n) is 13.3. The minimum Gasteiger partial charge on any atom is -0.339 e. The normalized spacial score (nSPS) is 10.7. The fourth-order valence-corrected chi connectivity index (χ4v) is 2.05. The first-order valence-electron chi connectivity index (χ1n) is 7.36. The van der Waals surface area contributed by atoms with E-state index in [1.807, 2.05) is 6.92 Å². The van der Waals surface area contributed by atoms with Gasteiger partial charge in [-0.15, -0.1) is 0 Å². The van der Waals surface area contributed by atoms with Crippen molar-refractivity contribution in [3.8, 4) is 0 Å². The smallest absolute Gasteiger partial charge is 0.328 e. The molecule has 2 aromatic rings. The highest BCUT2D eigenvalue weighted by Crippen LogP contribution is 2.06. The molecule has 0 fully saturated rings. The molecule has 9 nitrogen and oxygen atoms in total. The van der Waals surface area contributed by atoms with Crippen molar-refractivity contribution in [1.29, 1.82) is 0 Å². The third-order valence-electron chi connectivity index (χ3n) is 3.31. The summed E-state index contributed by atoms with van der Waals surface area (Å²) in [5.41, 5.74) is -1.39. The van der Waals surface area contributed by atoms with E-state index in [-0.39, 0.29) is 12.1 Å². The highest BCUT2D eigenvalue weighted by molar-refractivity contribution is 5.93. The molecule has 0 radical (unpaired) electrons. The Balaban J connectivity index is 2.23. The summed E-state index contributed by atoms with van der Waals surface area (Å²) in [6.07, 6.45) is 2.78. The van der Waals surface area contributed by atoms with E-state index in [2.05, 4.69) is 15.1 Å². The summed E-state index contributed by atoms with van der Waals surface area (Å²) in [7, 11) is 1.46. The Bertz CT molecular complexity index is 804. The number of aromatic nitrogens is 4. The Morgan fingerprint density at radius 1 is 1.39 bits per heavy atom. The first-order valence-corrected chi connectivity index (χ1v) is 7.36. The van der Waals surface area contributed by atoms with Crippen LogP contribution in [-0.2, 0) is 20.0 Å². The van der Waals surface area contributed by atoms with Crippen LogP contribution in [0.15, 0.2) is 20.3 Å². The molecule has 0 unspecified atom stereocenters. The highest BCUT2D eigenvalue weighted by Gasteiger charge is 2.20. The number of hydrogen-bond donors (Lipinski definition) is 1. The van der Waals surface area contributed by atoms with Crippen LogP contribution >= 0.6 is 0 Å². The molecule has 0 saturated heterocycles. The van der Waals surface area contributed by atoms with Crippen LogP contribution in [0, 0.1) is 0 Å². The SMILES string of the molecule is CCCc1nc(CN(CC)C(=O)c2cn(C)c(=O)[nH]c2=O)no1. The fraction of sp³-hybridized carbons (Fsp3) is 0.500. The van der Waals surface area contributed by atoms with Crippen molar-refractivity contribution in [2.45, 2.75) is 33.2 Å². The van der Waals surface area contributed by atoms with Gasteiger partial charge in [0.25, 0.3) is 11.5 Å². The van der Waals surface area contributed by atoms with E-state index in [4.69, 9.17) is 4.52 Å². The van der Waals surface area contributed by atoms with E-state index < -0.39 is 17.2 Å². The molecule has 0 saturated carbocycles. The number of aryl methyl sites for hydroxylation is 2. The Labute approximate surface area is 131 Å². The van der Waals surface area contributed by atoms with Gasteiger partial charge in [-0.05, 0) is 13.3 Å². The zero-order chi connectivity index (χ0) is 17.0. The Kier molecular flexibility index (Phi) is 5.09. The lowest BCUT2D eigenvalue weighted by Gasteiger charge is -2.18. The standard InChI is InChI=1S/C14H19N5O4/c1-4-6-11-15-10(17-23-11)8-19(5-2)13(21)9-7-18(3)14(22)16-12(9)20/h7H,4-6,8H2,1-3H3,(H,16,20,22). The number of hydrogen-bond acceptors (Lipinski definition) is 6. The fourth-order valence-electron chi connectivity index (χ4n) is 2.05. The minimum absolute atomic E-state index is 0.105. The van der Waals surface area contributed by atoms with Crippen molar-refractivity contribution in [3.63, 3.8) is 0 Å². The molecule has 1 N–H and O–H groups in total. The van der Waals surface area contributed by atoms with Crippen molar-refractivity contribution in [2.75, 3.05) is 6.54 Å². The van der Waals surface area contributed by atoms with Gasteiger partial charge in [0.15, 0.2) is 5.82 Å². The topological polar surface area (TPSA) is 114 Å². The van der Waals surface area contributed by atoms with Crippen LogP contribution in [0.5, 0.6) is 0 Å². The lowest BCUT2D eigenvalue weighted by atomic mass is 10.2. The molecule has 0 atom stereocenters. The molecule has 2 aromatic heterocycles. The number of aromatic amines is 1. The molecule has 1 amide bonds. The molecular weight excluding hydrogens is 302 g/mol. The summed E-state index contributed by atoms with van der Waals surface area (Å²) in [5, 5.41) is 3.83. The first-order chi connectivity index (χ1) is 11.0. The summed E-state index contributed by atoms with van der Waals surface area (Å²) in [4.78, 5) is 43.4. The summed E-state index contributed by atoms with van der Waals surface area (Å²) in [6, 6.07) is 0. The molecule has 2 heterocycles. The second-order valence-corrected chi connectivity index (χ2v) is 5.09. The van der Waals surface area contributed by atoms with Crippen LogP contribution < -0.4 is 11.2 Å². The van der Waals surface area contributed by atoms with Gasteiger partial charge in [-0.3, -0.25) is 14.6 Å². The number of amides is 1. The van der Waals surface area contributed by atoms with Gasteiger partial charge in [0.05, 0.1) is 6.54 Å². The van der Waals surface area contributed by atoms with Crippen molar-refractivity contribution in [1.82, 2.24) is 24.6 Å². The van der Waals surface area contributed by atoms with Crippen molar-refractivity contribution < 1.29 is 9.32 Å². The Morgan fingerprint density at radius 3 is 2.78 bits per heavy atom. The molecule has 9 heteroatoms. The highest BCUT2D eigenvalue weighted by atomic mass is 16.5. The predicted octanol–water partition coefficient (Wildman–Crippen LogP) is 0.0714. The molecule has 0 aliphatic rings. The van der Waals surface area contributed by atoms with Gasteiger partial charge in [-0.25, -0.2) is 4.79 Å². The van der Waals surface area contributed by atoms with Gasteiger partial charge in [0, 0.05) is 26.2 Å². The number of rotatable bonds is 6. The van der Waals surface area contributed by atoms with Gasteiger partial charge in [0.2, 0.25) is 5.89 Å². The maximum absolute atomic E-state index is 12.5. The second kappa shape index (κ2) is 7.03. The average Bonchev–Trinajstić information content (AvgIpc) is 2.95. The Hall–Kier alpha value is -2.71. The van der Waals surface area contributed by atoms with Gasteiger partial charge in [-0.1, -0.05) is 12.1 Å². The monoisotopic (exact) mass is 321 g/mol. The quantitative estimate of drug-likeness (QED) is 0.805. The number of carbonyl (C=O) groups excluding carboxylic acids is 1. The largest absolute Gasteiger partial charge is 0.339 e. The predicted molar refractivity (Wildman–Crippen MR) is 81.0 cm³/mol. The lowest BCUT2D eigenvalue weighted by Crippen LogP contribution is -2.38. The second-order valence-electron chi connectivity index (χ2n) is 5.09. The number of carbonyl (C=O) groups is 1. The zero-order valence-corrected chi connectivity index (χ0v) is 13.3. The van der Waals surface area contributed by atoms with E-state index in [0.717, 1.165) is 11.0 Å². The van der Waals surface area contributed by atoms with Gasteiger partial charge in [-0.2, -0.15) is 4.98 Å². The summed E-state index contributed by atoms with van der Waals surface area (Å²) in [5.74, 6) is 0.405. The van der Waals surface area contributed by atoms with Crippen LogP contribution in [0.3, 0.4) is 0 Å². The third kappa shape index (κ3) is 3.74. The molecule has 2 rings (SSSR count). The van der Waals surface area contributed by atoms with Crippen molar-refractivity contribution in [3.05, 3.63) is 44.3 Å². The third-order valence-corrected chi connectivity index (χ3v) is 3.31. The molecule has 0 aliphatic heterocycles. The van der Waals surface area contributed by atoms with Crippen molar-refractivity contribution in [2.24, 2.45) is 7.05 Å². The first kappa shape index (κ1) is 16.7. The van der Waals surface area contributed by atoms with Crippen LogP contribution in [0.2, 0.25) is 0 Å². The maximum Gasteiger partial charge on any atom is 0.328 e. The summed E-state index contributed by atoms with van der Waals surface area (Å²) < 4.78 is 6.23. The molecule has 0 bridgehead atoms.